The summed E-state index contributed by atoms with van der Waals surface area (Å²) in [4.78, 5) is 11.1. The largest absolute Gasteiger partial charge is 0.454 e. The molecule has 1 N–H and O–H groups in total. The van der Waals surface area contributed by atoms with E-state index in [1.165, 1.54) is 0 Å². The first-order chi connectivity index (χ1) is 9.47. The minimum absolute atomic E-state index is 0.0344. The molecule has 110 valence electrons. The van der Waals surface area contributed by atoms with Crippen molar-refractivity contribution >= 4 is 6.09 Å². The molecule has 3 rings (SSSR count). The Balaban J connectivity index is 0.000000328. The van der Waals surface area contributed by atoms with E-state index in [1.807, 2.05) is 25.1 Å². The molecular formula is C15H21NO4. The zero-order chi connectivity index (χ0) is 14.7. The second-order valence-electron chi connectivity index (χ2n) is 5.60. The van der Waals surface area contributed by atoms with Gasteiger partial charge in [0.1, 0.15) is 6.10 Å². The van der Waals surface area contributed by atoms with E-state index >= 15 is 0 Å². The van der Waals surface area contributed by atoms with Crippen LogP contribution in [0.2, 0.25) is 0 Å². The number of amides is 1. The molecule has 0 saturated carbocycles. The van der Waals surface area contributed by atoms with E-state index in [-0.39, 0.29) is 25.0 Å². The molecule has 0 aromatic heterocycles. The highest BCUT2D eigenvalue weighted by atomic mass is 16.7. The van der Waals surface area contributed by atoms with Crippen molar-refractivity contribution in [3.05, 3.63) is 23.8 Å². The predicted molar refractivity (Wildman–Crippen MR) is 74.9 cm³/mol. The van der Waals surface area contributed by atoms with E-state index < -0.39 is 0 Å². The summed E-state index contributed by atoms with van der Waals surface area (Å²) in [5, 5.41) is 2.70. The highest BCUT2D eigenvalue weighted by Crippen LogP contribution is 2.36. The van der Waals surface area contributed by atoms with E-state index in [9.17, 15) is 4.79 Å². The number of nitrogens with one attached hydrogen (secondary N) is 1. The normalized spacial score (nSPS) is 22.9. The highest BCUT2D eigenvalue weighted by Gasteiger charge is 2.32. The zero-order valence-electron chi connectivity index (χ0n) is 12.3. The summed E-state index contributed by atoms with van der Waals surface area (Å²) in [5.74, 6) is 2.27. The fourth-order valence-corrected chi connectivity index (χ4v) is 1.96. The van der Waals surface area contributed by atoms with Gasteiger partial charge in [-0.1, -0.05) is 26.8 Å². The van der Waals surface area contributed by atoms with Crippen LogP contribution in [0.1, 0.15) is 39.4 Å². The number of cyclic esters (lactones) is 1. The Labute approximate surface area is 119 Å². The molecule has 5 heteroatoms. The Hall–Kier alpha value is -1.91. The Morgan fingerprint density at radius 1 is 1.20 bits per heavy atom. The van der Waals surface area contributed by atoms with Gasteiger partial charge in [-0.05, 0) is 30.5 Å². The van der Waals surface area contributed by atoms with E-state index in [2.05, 4.69) is 26.1 Å². The van der Waals surface area contributed by atoms with Crippen molar-refractivity contribution in [2.75, 3.05) is 6.79 Å². The molecule has 20 heavy (non-hydrogen) atoms. The van der Waals surface area contributed by atoms with Crippen LogP contribution < -0.4 is 14.8 Å². The van der Waals surface area contributed by atoms with Gasteiger partial charge in [0.25, 0.3) is 0 Å². The van der Waals surface area contributed by atoms with Crippen molar-refractivity contribution in [2.45, 2.75) is 39.8 Å². The van der Waals surface area contributed by atoms with Crippen LogP contribution in [-0.4, -0.2) is 18.9 Å². The Bertz CT molecular complexity index is 484. The maximum atomic E-state index is 11.1. The average molecular weight is 279 g/mol. The molecule has 2 aliphatic heterocycles. The van der Waals surface area contributed by atoms with Gasteiger partial charge in [-0.15, -0.1) is 0 Å². The van der Waals surface area contributed by atoms with Gasteiger partial charge in [-0.3, -0.25) is 0 Å². The van der Waals surface area contributed by atoms with Crippen LogP contribution in [0.15, 0.2) is 18.2 Å². The molecule has 2 atom stereocenters. The first kappa shape index (κ1) is 14.5. The Morgan fingerprint density at radius 3 is 2.45 bits per heavy atom. The molecule has 0 spiro atoms. The second kappa shape index (κ2) is 6.03. The Morgan fingerprint density at radius 2 is 1.85 bits per heavy atom. The zero-order valence-corrected chi connectivity index (χ0v) is 12.3. The Kier molecular flexibility index (Phi) is 4.37. The van der Waals surface area contributed by atoms with Crippen molar-refractivity contribution in [3.63, 3.8) is 0 Å². The van der Waals surface area contributed by atoms with E-state index in [0.717, 1.165) is 17.2 Å². The molecule has 2 aliphatic rings. The van der Waals surface area contributed by atoms with Crippen molar-refractivity contribution in [1.29, 1.82) is 0 Å². The van der Waals surface area contributed by atoms with Gasteiger partial charge in [0, 0.05) is 0 Å². The molecule has 1 amide bonds. The van der Waals surface area contributed by atoms with Gasteiger partial charge in [0.15, 0.2) is 11.5 Å². The van der Waals surface area contributed by atoms with Crippen molar-refractivity contribution in [2.24, 2.45) is 5.92 Å². The van der Waals surface area contributed by atoms with E-state index in [0.29, 0.717) is 5.75 Å². The summed E-state index contributed by atoms with van der Waals surface area (Å²) in [6.45, 7) is 8.65. The first-order valence-corrected chi connectivity index (χ1v) is 6.84. The number of carbonyl (C=O) groups excluding carboxylic acids is 1. The lowest BCUT2D eigenvalue weighted by Crippen LogP contribution is -2.23. The first-order valence-electron chi connectivity index (χ1n) is 6.84. The van der Waals surface area contributed by atoms with Crippen LogP contribution in [0.25, 0.3) is 0 Å². The van der Waals surface area contributed by atoms with E-state index in [4.69, 9.17) is 14.2 Å². The van der Waals surface area contributed by atoms with Crippen LogP contribution in [0, 0.1) is 5.92 Å². The number of hydrogen-bond donors (Lipinski definition) is 1. The van der Waals surface area contributed by atoms with Crippen LogP contribution in [0.3, 0.4) is 0 Å². The maximum absolute atomic E-state index is 11.1. The number of alkyl carbamates (subject to hydrolysis) is 1. The predicted octanol–water partition coefficient (Wildman–Crippen LogP) is 3.25. The lowest BCUT2D eigenvalue weighted by Gasteiger charge is -2.13. The third kappa shape index (κ3) is 3.35. The SMILES string of the molecule is CC(C)C.C[C@@H]1NC(=O)O[C@@H]1c1ccc2c(c1)OCO2. The molecule has 1 fully saturated rings. The van der Waals surface area contributed by atoms with E-state index in [1.54, 1.807) is 0 Å². The third-order valence-electron chi connectivity index (χ3n) is 2.76. The fourth-order valence-electron chi connectivity index (χ4n) is 1.96. The summed E-state index contributed by atoms with van der Waals surface area (Å²) < 4.78 is 15.7. The molecule has 2 heterocycles. The molecule has 0 bridgehead atoms. The van der Waals surface area contributed by atoms with Crippen LogP contribution in [-0.2, 0) is 4.74 Å². The topological polar surface area (TPSA) is 56.8 Å². The minimum atomic E-state index is -0.379. The van der Waals surface area contributed by atoms with Crippen LogP contribution in [0.4, 0.5) is 4.79 Å². The summed E-state index contributed by atoms with van der Waals surface area (Å²) in [5.41, 5.74) is 0.912. The number of ether oxygens (including phenoxy) is 3. The molecule has 0 unspecified atom stereocenters. The molecule has 0 radical (unpaired) electrons. The second-order valence-corrected chi connectivity index (χ2v) is 5.60. The molecular weight excluding hydrogens is 258 g/mol. The molecule has 0 aliphatic carbocycles. The summed E-state index contributed by atoms with van der Waals surface area (Å²) in [7, 11) is 0. The molecule has 1 saturated heterocycles. The minimum Gasteiger partial charge on any atom is -0.454 e. The van der Waals surface area contributed by atoms with Gasteiger partial charge in [-0.25, -0.2) is 4.79 Å². The van der Waals surface area contributed by atoms with Crippen molar-refractivity contribution in [3.8, 4) is 11.5 Å². The summed E-state index contributed by atoms with van der Waals surface area (Å²) >= 11 is 0. The number of fused-ring (bicyclic) bond motifs is 1. The van der Waals surface area contributed by atoms with Gasteiger partial charge in [-0.2, -0.15) is 0 Å². The lowest BCUT2D eigenvalue weighted by atomic mass is 10.0. The lowest BCUT2D eigenvalue weighted by molar-refractivity contribution is 0.133. The van der Waals surface area contributed by atoms with Gasteiger partial charge in [0.05, 0.1) is 6.04 Å². The number of rotatable bonds is 1. The monoisotopic (exact) mass is 279 g/mol. The average Bonchev–Trinajstić information content (AvgIpc) is 2.93. The number of hydrogen-bond acceptors (Lipinski definition) is 4. The molecule has 1 aromatic carbocycles. The van der Waals surface area contributed by atoms with Crippen LogP contribution in [0.5, 0.6) is 11.5 Å². The molecule has 5 nitrogen and oxygen atoms in total. The highest BCUT2D eigenvalue weighted by molar-refractivity contribution is 5.70. The third-order valence-corrected chi connectivity index (χ3v) is 2.76. The van der Waals surface area contributed by atoms with Gasteiger partial charge < -0.3 is 19.5 Å². The standard InChI is InChI=1S/C11H11NO4.C4H10/c1-6-10(16-11(13)12-6)7-2-3-8-9(4-7)15-5-14-8;1-4(2)3/h2-4,6,10H,5H2,1H3,(H,12,13);4H,1-3H3/t6-,10-;/m0./s1. The maximum Gasteiger partial charge on any atom is 0.408 e. The fraction of sp³-hybridized carbons (Fsp3) is 0.533. The van der Waals surface area contributed by atoms with Gasteiger partial charge >= 0.3 is 6.09 Å². The van der Waals surface area contributed by atoms with Crippen LogP contribution >= 0.6 is 0 Å². The van der Waals surface area contributed by atoms with Crippen molar-refractivity contribution in [1.82, 2.24) is 5.32 Å². The number of benzene rings is 1. The molecule has 1 aromatic rings. The summed E-state index contributed by atoms with van der Waals surface area (Å²) in [6, 6.07) is 5.53. The number of carbonyl (C=O) groups is 1. The summed E-state index contributed by atoms with van der Waals surface area (Å²) in [6.07, 6.45) is -0.642. The quantitative estimate of drug-likeness (QED) is 0.857. The smallest absolute Gasteiger partial charge is 0.408 e. The van der Waals surface area contributed by atoms with Crippen molar-refractivity contribution < 1.29 is 19.0 Å². The van der Waals surface area contributed by atoms with Gasteiger partial charge in [0.2, 0.25) is 6.79 Å².